The number of nitrogens with zero attached hydrogens (tertiary/aromatic N) is 1. The molecule has 2 aliphatic carbocycles. The lowest BCUT2D eigenvalue weighted by Gasteiger charge is -2.64. The molecule has 19 atom stereocenters. The van der Waals surface area contributed by atoms with Crippen LogP contribution in [-0.4, -0.2) is 148 Å². The zero-order valence-corrected chi connectivity index (χ0v) is 34.4. The van der Waals surface area contributed by atoms with Crippen LogP contribution in [0.1, 0.15) is 110 Å². The normalized spacial score (nSPS) is 51.3. The molecule has 59 heavy (non-hydrogen) atoms. The van der Waals surface area contributed by atoms with Gasteiger partial charge in [-0.3, -0.25) is 9.79 Å². The van der Waals surface area contributed by atoms with Crippen LogP contribution in [0, 0.1) is 23.7 Å². The predicted molar refractivity (Wildman–Crippen MR) is 206 cm³/mol. The Bertz CT molecular complexity index is 1690. The fraction of sp³-hybridized carbons (Fsp3) is 0.886. The number of ketones is 1. The molecule has 0 aromatic rings. The molecule has 328 valence electrons. The van der Waals surface area contributed by atoms with Crippen LogP contribution in [-0.2, 0) is 47.5 Å². The number of aliphatic imine (C=N–C) groups is 1. The van der Waals surface area contributed by atoms with E-state index in [4.69, 9.17) is 42.9 Å². The Morgan fingerprint density at radius 3 is 2.49 bits per heavy atom. The Kier molecular flexibility index (Phi) is 10.8. The first kappa shape index (κ1) is 41.1. The summed E-state index contributed by atoms with van der Waals surface area (Å²) in [4.78, 5) is 32.3. The van der Waals surface area contributed by atoms with Crippen molar-refractivity contribution in [3.63, 3.8) is 0 Å². The van der Waals surface area contributed by atoms with Crippen molar-refractivity contribution in [1.82, 2.24) is 0 Å². The average molecular weight is 830 g/mol. The summed E-state index contributed by atoms with van der Waals surface area (Å²) in [6.45, 7) is 6.25. The topological polar surface area (TPSA) is 201 Å². The van der Waals surface area contributed by atoms with Crippen LogP contribution in [0.15, 0.2) is 17.1 Å². The minimum atomic E-state index is -1.67. The molecule has 9 fully saturated rings. The van der Waals surface area contributed by atoms with Crippen molar-refractivity contribution in [3.8, 4) is 0 Å². The van der Waals surface area contributed by atoms with E-state index in [1.807, 2.05) is 0 Å². The van der Waals surface area contributed by atoms with Crippen LogP contribution in [0.5, 0.6) is 0 Å². The number of esters is 1. The van der Waals surface area contributed by atoms with Crippen LogP contribution in [0.25, 0.3) is 0 Å². The van der Waals surface area contributed by atoms with Gasteiger partial charge in [-0.1, -0.05) is 13.5 Å². The van der Waals surface area contributed by atoms with E-state index in [2.05, 4.69) is 13.5 Å². The van der Waals surface area contributed by atoms with E-state index in [-0.39, 0.29) is 92.6 Å². The number of Topliss-reactive ketones (excluding diaryl/α,β-unsaturated/α-hetero) is 1. The molecular weight excluding hydrogens is 766 g/mol. The van der Waals surface area contributed by atoms with Gasteiger partial charge in [0.05, 0.1) is 67.1 Å². The van der Waals surface area contributed by atoms with E-state index >= 15 is 0 Å². The maximum atomic E-state index is 14.2. The quantitative estimate of drug-likeness (QED) is 0.225. The second-order valence-electron chi connectivity index (χ2n) is 19.9. The second-order valence-corrected chi connectivity index (χ2v) is 19.9. The highest BCUT2D eigenvalue weighted by Crippen LogP contribution is 2.58. The Morgan fingerprint density at radius 2 is 1.69 bits per heavy atom. The van der Waals surface area contributed by atoms with E-state index in [0.29, 0.717) is 51.4 Å². The zero-order chi connectivity index (χ0) is 41.0. The molecule has 12 rings (SSSR count). The van der Waals surface area contributed by atoms with E-state index in [1.54, 1.807) is 7.11 Å². The molecule has 2 saturated carbocycles. The van der Waals surface area contributed by atoms with Crippen LogP contribution >= 0.6 is 0 Å². The van der Waals surface area contributed by atoms with Gasteiger partial charge in [0, 0.05) is 69.1 Å². The van der Waals surface area contributed by atoms with Gasteiger partial charge in [0.2, 0.25) is 5.72 Å². The van der Waals surface area contributed by atoms with E-state index in [0.717, 1.165) is 30.5 Å². The summed E-state index contributed by atoms with van der Waals surface area (Å²) < 4.78 is 53.0. The lowest BCUT2D eigenvalue weighted by molar-refractivity contribution is -0.396. The number of carbonyl (C=O) groups is 2. The standard InChI is InChI=1S/C44H63NO14/c1-21-12-26-8-9-43(51)19-31(48)28-17-30-38(28)57-36-7-5-27-14-23(46)15-29-33(56-35(39(29)52-3)16-24(47)20-53-41(49)42(50)10-11-42)18-34-37(45-44(36,58-27)40(30)59-43)22(2)13-25(55-34)4-6-32(21)54-26/h22,24-36,38-40,47-48,50-51H,1,4-20H2,2-3H3/b45-37-/t22-,24+,25+,26+,27-,28+,29+,30-,31-,32+,33+,34-,35-,36+,38+,39-,40-,43+,44+/m1/s1. The first-order valence-electron chi connectivity index (χ1n) is 22.5. The molecule has 0 aromatic heterocycles. The molecule has 1 spiro atoms. The fourth-order valence-corrected chi connectivity index (χ4v) is 12.4. The van der Waals surface area contributed by atoms with E-state index in [9.17, 15) is 30.0 Å². The Balaban J connectivity index is 1.02. The Hall–Kier alpha value is -1.89. The number of rotatable bonds is 6. The molecular formula is C44H63NO14. The molecule has 10 aliphatic heterocycles. The molecule has 10 heterocycles. The SMILES string of the molecule is C=C1C[C@@H]2CC[C@@]3(O)C[C@@H](O)[C@@H]4C[C@@H]5[C@H]4O[C@H]4CC[C@@H]6CC(=O)C[C@@H]7[C@@H](OC)[C@@H](C[C@H](O)COC(=O)C8(O)CC8)O[C@H]7C[C@H]7O[C@@H](CC[C@@H]1O2)C[C@@H](C)/C7=N/[C@@]4(O6)[C@@H]5O3. The number of aliphatic hydroxyl groups excluding tert-OH is 2. The van der Waals surface area contributed by atoms with Crippen molar-refractivity contribution in [1.29, 1.82) is 0 Å². The minimum absolute atomic E-state index is 0.00740. The molecule has 15 heteroatoms. The summed E-state index contributed by atoms with van der Waals surface area (Å²) in [5.74, 6) is -3.16. The molecule has 0 unspecified atom stereocenters. The third-order valence-electron chi connectivity index (χ3n) is 15.7. The maximum absolute atomic E-state index is 14.2. The van der Waals surface area contributed by atoms with Gasteiger partial charge in [-0.25, -0.2) is 4.79 Å². The van der Waals surface area contributed by atoms with E-state index < -0.39 is 78.0 Å². The summed E-state index contributed by atoms with van der Waals surface area (Å²) in [6.07, 6.45) is 0.486. The third kappa shape index (κ3) is 7.49. The summed E-state index contributed by atoms with van der Waals surface area (Å²) in [6, 6.07) is 0. The number of fused-ring (bicyclic) bond motifs is 6. The first-order valence-corrected chi connectivity index (χ1v) is 22.5. The largest absolute Gasteiger partial charge is 0.461 e. The predicted octanol–water partition coefficient (Wildman–Crippen LogP) is 2.60. The molecule has 12 bridgehead atoms. The average Bonchev–Trinajstić information content (AvgIpc) is 3.71. The van der Waals surface area contributed by atoms with Crippen LogP contribution in [0.4, 0.5) is 0 Å². The van der Waals surface area contributed by atoms with E-state index in [1.165, 1.54) is 0 Å². The number of hydrogen-bond acceptors (Lipinski definition) is 15. The zero-order valence-electron chi connectivity index (χ0n) is 34.4. The second kappa shape index (κ2) is 15.4. The molecule has 12 aliphatic rings. The number of aliphatic hydroxyl groups is 4. The van der Waals surface area contributed by atoms with Gasteiger partial charge in [0.1, 0.15) is 24.6 Å². The summed E-state index contributed by atoms with van der Waals surface area (Å²) in [5, 5.41) is 45.2. The lowest BCUT2D eigenvalue weighted by Crippen LogP contribution is -2.75. The number of ether oxygens (including phenoxy) is 8. The molecule has 4 N–H and O–H groups in total. The van der Waals surface area contributed by atoms with Gasteiger partial charge in [-0.15, -0.1) is 0 Å². The number of hydrogen-bond donors (Lipinski definition) is 4. The smallest absolute Gasteiger partial charge is 0.338 e. The first-order chi connectivity index (χ1) is 28.2. The number of carbonyl (C=O) groups excluding carboxylic acids is 2. The van der Waals surface area contributed by atoms with Crippen molar-refractivity contribution >= 4 is 17.5 Å². The molecule has 7 saturated heterocycles. The Labute approximate surface area is 345 Å². The molecule has 0 radical (unpaired) electrons. The van der Waals surface area contributed by atoms with Gasteiger partial charge in [-0.2, -0.15) is 0 Å². The molecule has 15 nitrogen and oxygen atoms in total. The van der Waals surface area contributed by atoms with Crippen molar-refractivity contribution in [3.05, 3.63) is 12.2 Å². The van der Waals surface area contributed by atoms with Crippen molar-refractivity contribution in [2.75, 3.05) is 13.7 Å². The summed E-state index contributed by atoms with van der Waals surface area (Å²) in [5.41, 5.74) is -0.982. The Morgan fingerprint density at radius 1 is 0.898 bits per heavy atom. The molecule has 0 aromatic carbocycles. The van der Waals surface area contributed by atoms with Gasteiger partial charge < -0.3 is 58.3 Å². The van der Waals surface area contributed by atoms with Crippen molar-refractivity contribution in [2.45, 2.75) is 206 Å². The van der Waals surface area contributed by atoms with Gasteiger partial charge in [-0.05, 0) is 75.7 Å². The molecule has 0 amide bonds. The van der Waals surface area contributed by atoms with Gasteiger partial charge in [0.15, 0.2) is 11.4 Å². The highest BCUT2D eigenvalue weighted by molar-refractivity contribution is 5.92. The minimum Gasteiger partial charge on any atom is -0.461 e. The maximum Gasteiger partial charge on any atom is 0.338 e. The third-order valence-corrected chi connectivity index (χ3v) is 15.7. The highest BCUT2D eigenvalue weighted by Gasteiger charge is 2.69. The van der Waals surface area contributed by atoms with Gasteiger partial charge >= 0.3 is 5.97 Å². The number of methoxy groups -OCH3 is 1. The van der Waals surface area contributed by atoms with Crippen LogP contribution in [0.3, 0.4) is 0 Å². The van der Waals surface area contributed by atoms with Crippen LogP contribution < -0.4 is 0 Å². The van der Waals surface area contributed by atoms with Crippen molar-refractivity contribution in [2.24, 2.45) is 28.7 Å². The fourth-order valence-electron chi connectivity index (χ4n) is 12.4. The highest BCUT2D eigenvalue weighted by atomic mass is 16.7. The van der Waals surface area contributed by atoms with Gasteiger partial charge in [0.25, 0.3) is 0 Å². The van der Waals surface area contributed by atoms with Crippen LogP contribution in [0.2, 0.25) is 0 Å². The summed E-state index contributed by atoms with van der Waals surface area (Å²) in [7, 11) is 1.59. The van der Waals surface area contributed by atoms with Crippen molar-refractivity contribution < 1.29 is 67.9 Å². The monoisotopic (exact) mass is 829 g/mol. The summed E-state index contributed by atoms with van der Waals surface area (Å²) >= 11 is 0. The lowest BCUT2D eigenvalue weighted by atomic mass is 9.60.